The van der Waals surface area contributed by atoms with Gasteiger partial charge in [0.15, 0.2) is 0 Å². The molecule has 0 bridgehead atoms. The summed E-state index contributed by atoms with van der Waals surface area (Å²) in [7, 11) is 0. The molecular formula is C18H13BrO2. The SMILES string of the molecule is Cc1ccccc1C(=O)Oc1ccc2c(Br)cccc2c1. The molecule has 0 saturated carbocycles. The normalized spacial score (nSPS) is 10.6. The van der Waals surface area contributed by atoms with Crippen molar-refractivity contribution >= 4 is 32.7 Å². The molecule has 0 aliphatic carbocycles. The van der Waals surface area contributed by atoms with Gasteiger partial charge in [0.2, 0.25) is 0 Å². The van der Waals surface area contributed by atoms with Crippen LogP contribution < -0.4 is 4.74 Å². The van der Waals surface area contributed by atoms with Gasteiger partial charge in [0.05, 0.1) is 5.56 Å². The molecule has 0 aliphatic heterocycles. The number of carbonyl (C=O) groups is 1. The van der Waals surface area contributed by atoms with Crippen molar-refractivity contribution in [3.05, 3.63) is 76.3 Å². The second kappa shape index (κ2) is 5.70. The molecule has 0 spiro atoms. The van der Waals surface area contributed by atoms with Gasteiger partial charge in [-0.15, -0.1) is 0 Å². The lowest BCUT2D eigenvalue weighted by Crippen LogP contribution is -2.09. The summed E-state index contributed by atoms with van der Waals surface area (Å²) in [6.45, 7) is 1.90. The third-order valence-electron chi connectivity index (χ3n) is 3.37. The molecule has 0 saturated heterocycles. The molecule has 0 heterocycles. The number of carbonyl (C=O) groups excluding carboxylic acids is 1. The van der Waals surface area contributed by atoms with Gasteiger partial charge in [-0.2, -0.15) is 0 Å². The summed E-state index contributed by atoms with van der Waals surface area (Å²) in [4.78, 5) is 12.2. The molecule has 0 amide bonds. The van der Waals surface area contributed by atoms with Gasteiger partial charge in [-0.25, -0.2) is 4.79 Å². The molecular weight excluding hydrogens is 328 g/mol. The molecule has 2 nitrogen and oxygen atoms in total. The van der Waals surface area contributed by atoms with Crippen LogP contribution in [0.3, 0.4) is 0 Å². The average molecular weight is 341 g/mol. The maximum absolute atomic E-state index is 12.2. The van der Waals surface area contributed by atoms with E-state index in [1.54, 1.807) is 6.07 Å². The van der Waals surface area contributed by atoms with Crippen LogP contribution in [0.15, 0.2) is 65.1 Å². The van der Waals surface area contributed by atoms with Gasteiger partial charge >= 0.3 is 5.97 Å². The summed E-state index contributed by atoms with van der Waals surface area (Å²) in [5.41, 5.74) is 1.50. The van der Waals surface area contributed by atoms with Crippen LogP contribution in [0.4, 0.5) is 0 Å². The van der Waals surface area contributed by atoms with Gasteiger partial charge in [0.1, 0.15) is 5.75 Å². The molecule has 0 fully saturated rings. The van der Waals surface area contributed by atoms with Crippen LogP contribution in [0.25, 0.3) is 10.8 Å². The van der Waals surface area contributed by atoms with Crippen molar-refractivity contribution in [2.24, 2.45) is 0 Å². The van der Waals surface area contributed by atoms with E-state index in [1.807, 2.05) is 61.5 Å². The van der Waals surface area contributed by atoms with E-state index < -0.39 is 0 Å². The number of fused-ring (bicyclic) bond motifs is 1. The zero-order chi connectivity index (χ0) is 14.8. The smallest absolute Gasteiger partial charge is 0.343 e. The highest BCUT2D eigenvalue weighted by Crippen LogP contribution is 2.27. The zero-order valence-corrected chi connectivity index (χ0v) is 13.1. The van der Waals surface area contributed by atoms with E-state index in [0.29, 0.717) is 11.3 Å². The second-order valence-corrected chi connectivity index (χ2v) is 5.68. The maximum atomic E-state index is 12.2. The number of hydrogen-bond donors (Lipinski definition) is 0. The maximum Gasteiger partial charge on any atom is 0.343 e. The standard InChI is InChI=1S/C18H13BrO2/c1-12-5-2-3-7-15(12)18(20)21-14-9-10-16-13(11-14)6-4-8-17(16)19/h2-11H,1H3. The lowest BCUT2D eigenvalue weighted by molar-refractivity contribution is 0.0734. The van der Waals surface area contributed by atoms with Crippen LogP contribution in [0, 0.1) is 6.92 Å². The minimum Gasteiger partial charge on any atom is -0.423 e. The molecule has 0 atom stereocenters. The van der Waals surface area contributed by atoms with Crippen LogP contribution in [0.2, 0.25) is 0 Å². The first kappa shape index (κ1) is 13.8. The quantitative estimate of drug-likeness (QED) is 0.477. The van der Waals surface area contributed by atoms with Crippen molar-refractivity contribution in [3.8, 4) is 5.75 Å². The fourth-order valence-electron chi connectivity index (χ4n) is 2.25. The largest absolute Gasteiger partial charge is 0.423 e. The summed E-state index contributed by atoms with van der Waals surface area (Å²) in [6, 6.07) is 19.0. The Balaban J connectivity index is 1.92. The Labute approximate surface area is 131 Å². The van der Waals surface area contributed by atoms with Gasteiger partial charge in [-0.05, 0) is 53.6 Å². The van der Waals surface area contributed by atoms with Crippen LogP contribution in [0.1, 0.15) is 15.9 Å². The molecule has 21 heavy (non-hydrogen) atoms. The van der Waals surface area contributed by atoms with Gasteiger partial charge in [-0.1, -0.05) is 46.3 Å². The van der Waals surface area contributed by atoms with Gasteiger partial charge in [-0.3, -0.25) is 0 Å². The Morgan fingerprint density at radius 1 is 1.00 bits per heavy atom. The number of benzene rings is 3. The van der Waals surface area contributed by atoms with Crippen LogP contribution in [-0.2, 0) is 0 Å². The molecule has 0 N–H and O–H groups in total. The monoisotopic (exact) mass is 340 g/mol. The minimum absolute atomic E-state index is 0.331. The molecule has 0 radical (unpaired) electrons. The predicted octanol–water partition coefficient (Wildman–Crippen LogP) is 5.13. The number of hydrogen-bond acceptors (Lipinski definition) is 2. The van der Waals surface area contributed by atoms with Gasteiger partial charge in [0, 0.05) is 4.47 Å². The lowest BCUT2D eigenvalue weighted by Gasteiger charge is -2.08. The number of esters is 1. The summed E-state index contributed by atoms with van der Waals surface area (Å²) in [5, 5.41) is 2.12. The molecule has 104 valence electrons. The van der Waals surface area contributed by atoms with Crippen molar-refractivity contribution in [1.82, 2.24) is 0 Å². The van der Waals surface area contributed by atoms with Crippen LogP contribution >= 0.6 is 15.9 Å². The number of aryl methyl sites for hydroxylation is 1. The van der Waals surface area contributed by atoms with E-state index in [2.05, 4.69) is 15.9 Å². The van der Waals surface area contributed by atoms with Crippen LogP contribution in [-0.4, -0.2) is 5.97 Å². The van der Waals surface area contributed by atoms with E-state index in [9.17, 15) is 4.79 Å². The summed E-state index contributed by atoms with van der Waals surface area (Å²) in [6.07, 6.45) is 0. The van der Waals surface area contributed by atoms with E-state index >= 15 is 0 Å². The van der Waals surface area contributed by atoms with E-state index in [4.69, 9.17) is 4.74 Å². The summed E-state index contributed by atoms with van der Waals surface area (Å²) >= 11 is 3.51. The Bertz CT molecular complexity index is 824. The third kappa shape index (κ3) is 2.83. The Morgan fingerprint density at radius 3 is 2.62 bits per heavy atom. The highest BCUT2D eigenvalue weighted by Gasteiger charge is 2.11. The predicted molar refractivity (Wildman–Crippen MR) is 87.8 cm³/mol. The Morgan fingerprint density at radius 2 is 1.81 bits per heavy atom. The fourth-order valence-corrected chi connectivity index (χ4v) is 2.76. The highest BCUT2D eigenvalue weighted by molar-refractivity contribution is 9.10. The molecule has 0 aromatic heterocycles. The lowest BCUT2D eigenvalue weighted by atomic mass is 10.1. The topological polar surface area (TPSA) is 26.3 Å². The molecule has 3 aromatic carbocycles. The fraction of sp³-hybridized carbons (Fsp3) is 0.0556. The van der Waals surface area contributed by atoms with Crippen LogP contribution in [0.5, 0.6) is 5.75 Å². The van der Waals surface area contributed by atoms with E-state index in [1.165, 1.54) is 0 Å². The first-order valence-corrected chi connectivity index (χ1v) is 7.40. The van der Waals surface area contributed by atoms with Gasteiger partial charge < -0.3 is 4.74 Å². The number of ether oxygens (including phenoxy) is 1. The van der Waals surface area contributed by atoms with Crippen molar-refractivity contribution in [2.45, 2.75) is 6.92 Å². The van der Waals surface area contributed by atoms with Crippen molar-refractivity contribution in [2.75, 3.05) is 0 Å². The molecule has 3 aromatic rings. The number of rotatable bonds is 2. The van der Waals surface area contributed by atoms with E-state index in [-0.39, 0.29) is 5.97 Å². The molecule has 3 rings (SSSR count). The molecule has 0 unspecified atom stereocenters. The minimum atomic E-state index is -0.331. The summed E-state index contributed by atoms with van der Waals surface area (Å²) in [5.74, 6) is 0.219. The van der Waals surface area contributed by atoms with Crippen molar-refractivity contribution in [1.29, 1.82) is 0 Å². The Kier molecular flexibility index (Phi) is 3.76. The van der Waals surface area contributed by atoms with E-state index in [0.717, 1.165) is 20.8 Å². The van der Waals surface area contributed by atoms with Crippen molar-refractivity contribution in [3.63, 3.8) is 0 Å². The second-order valence-electron chi connectivity index (χ2n) is 4.83. The first-order valence-electron chi connectivity index (χ1n) is 6.61. The number of halogens is 1. The zero-order valence-electron chi connectivity index (χ0n) is 11.5. The third-order valence-corrected chi connectivity index (χ3v) is 4.07. The summed E-state index contributed by atoms with van der Waals surface area (Å²) < 4.78 is 6.50. The molecule has 0 aliphatic rings. The first-order chi connectivity index (χ1) is 10.1. The average Bonchev–Trinajstić information content (AvgIpc) is 2.48. The van der Waals surface area contributed by atoms with Gasteiger partial charge in [0.25, 0.3) is 0 Å². The highest BCUT2D eigenvalue weighted by atomic mass is 79.9. The van der Waals surface area contributed by atoms with Crippen molar-refractivity contribution < 1.29 is 9.53 Å². The Hall–Kier alpha value is -2.13. The molecule has 3 heteroatoms.